The van der Waals surface area contributed by atoms with Crippen LogP contribution in [0.3, 0.4) is 0 Å². The van der Waals surface area contributed by atoms with Crippen LogP contribution in [-0.2, 0) is 25.7 Å². The number of rotatable bonds is 7. The van der Waals surface area contributed by atoms with Crippen molar-refractivity contribution in [1.29, 1.82) is 0 Å². The molecule has 1 aromatic rings. The fourth-order valence-electron chi connectivity index (χ4n) is 4.44. The van der Waals surface area contributed by atoms with Crippen molar-refractivity contribution in [2.24, 2.45) is 23.7 Å². The first-order valence-corrected chi connectivity index (χ1v) is 8.92. The van der Waals surface area contributed by atoms with E-state index >= 15 is 0 Å². The maximum atomic E-state index is 12.8. The largest absolute Gasteiger partial charge is 0.467 e. The second-order valence-electron chi connectivity index (χ2n) is 7.15. The monoisotopic (exact) mass is 358 g/mol. The summed E-state index contributed by atoms with van der Waals surface area (Å²) < 4.78 is 10.4. The molecule has 7 heteroatoms. The molecule has 3 amide bonds. The first-order valence-electron chi connectivity index (χ1n) is 8.92. The van der Waals surface area contributed by atoms with Gasteiger partial charge in [0.05, 0.1) is 31.3 Å². The molecule has 26 heavy (non-hydrogen) atoms. The van der Waals surface area contributed by atoms with E-state index < -0.39 is 0 Å². The quantitative estimate of drug-likeness (QED) is 0.538. The highest BCUT2D eigenvalue weighted by atomic mass is 16.5. The number of likely N-dealkylation sites (tertiary alicyclic amines) is 1. The van der Waals surface area contributed by atoms with Crippen LogP contribution in [-0.4, -0.2) is 54.3 Å². The molecule has 0 N–H and O–H groups in total. The Morgan fingerprint density at radius 2 is 1.96 bits per heavy atom. The number of carbonyl (C=O) groups excluding carboxylic acids is 3. The summed E-state index contributed by atoms with van der Waals surface area (Å²) in [6.07, 6.45) is 6.52. The summed E-state index contributed by atoms with van der Waals surface area (Å²) in [7, 11) is 1.56. The van der Waals surface area contributed by atoms with E-state index in [4.69, 9.17) is 9.15 Å². The van der Waals surface area contributed by atoms with Crippen LogP contribution >= 0.6 is 0 Å². The summed E-state index contributed by atoms with van der Waals surface area (Å²) in [4.78, 5) is 41.0. The van der Waals surface area contributed by atoms with E-state index in [0.29, 0.717) is 18.9 Å². The van der Waals surface area contributed by atoms with Gasteiger partial charge in [-0.15, -0.1) is 0 Å². The molecule has 4 rings (SSSR count). The molecule has 2 heterocycles. The molecule has 1 aromatic heterocycles. The molecule has 0 aromatic carbocycles. The molecule has 0 spiro atoms. The van der Waals surface area contributed by atoms with Crippen molar-refractivity contribution in [2.75, 3.05) is 26.8 Å². The Hall–Kier alpha value is -2.41. The van der Waals surface area contributed by atoms with E-state index in [1.54, 1.807) is 30.4 Å². The Morgan fingerprint density at radius 1 is 1.27 bits per heavy atom. The topological polar surface area (TPSA) is 80.1 Å². The molecule has 2 fully saturated rings. The minimum atomic E-state index is -0.277. The van der Waals surface area contributed by atoms with E-state index in [-0.39, 0.29) is 54.5 Å². The fraction of sp³-hybridized carbons (Fsp3) is 0.526. The molecule has 7 nitrogen and oxygen atoms in total. The molecule has 0 radical (unpaired) electrons. The Morgan fingerprint density at radius 3 is 2.54 bits per heavy atom. The fourth-order valence-corrected chi connectivity index (χ4v) is 4.44. The van der Waals surface area contributed by atoms with E-state index in [1.165, 1.54) is 0 Å². The Labute approximate surface area is 151 Å². The summed E-state index contributed by atoms with van der Waals surface area (Å²) in [6, 6.07) is 3.54. The van der Waals surface area contributed by atoms with Gasteiger partial charge in [-0.1, -0.05) is 12.2 Å². The zero-order valence-electron chi connectivity index (χ0n) is 14.7. The van der Waals surface area contributed by atoms with Crippen LogP contribution in [0, 0.1) is 23.7 Å². The predicted octanol–water partition coefficient (Wildman–Crippen LogP) is 1.06. The van der Waals surface area contributed by atoms with E-state index in [2.05, 4.69) is 0 Å². The van der Waals surface area contributed by atoms with Gasteiger partial charge in [0.25, 0.3) is 0 Å². The van der Waals surface area contributed by atoms with Gasteiger partial charge in [-0.2, -0.15) is 0 Å². The van der Waals surface area contributed by atoms with Crippen LogP contribution in [0.15, 0.2) is 35.0 Å². The highest BCUT2D eigenvalue weighted by molar-refractivity contribution is 6.08. The number of fused-ring (bicyclic) bond motifs is 5. The summed E-state index contributed by atoms with van der Waals surface area (Å²) in [5, 5.41) is 0. The average molecular weight is 358 g/mol. The van der Waals surface area contributed by atoms with E-state index in [1.807, 2.05) is 12.2 Å². The lowest BCUT2D eigenvalue weighted by Gasteiger charge is -2.24. The molecule has 2 bridgehead atoms. The van der Waals surface area contributed by atoms with Gasteiger partial charge in [-0.25, -0.2) is 0 Å². The number of hydrogen-bond acceptors (Lipinski definition) is 5. The molecule has 4 atom stereocenters. The normalized spacial score (nSPS) is 28.9. The maximum Gasteiger partial charge on any atom is 0.243 e. The van der Waals surface area contributed by atoms with Gasteiger partial charge in [0, 0.05) is 13.7 Å². The number of amides is 3. The van der Waals surface area contributed by atoms with Crippen LogP contribution in [0.2, 0.25) is 0 Å². The molecule has 1 aliphatic heterocycles. The maximum absolute atomic E-state index is 12.8. The van der Waals surface area contributed by atoms with Gasteiger partial charge >= 0.3 is 0 Å². The Bertz CT molecular complexity index is 711. The average Bonchev–Trinajstić information content (AvgIpc) is 3.40. The molecular formula is C19H22N2O5. The van der Waals surface area contributed by atoms with Gasteiger partial charge in [0.2, 0.25) is 17.7 Å². The first-order chi connectivity index (χ1) is 12.6. The second kappa shape index (κ2) is 6.72. The number of allylic oxidation sites excluding steroid dienone is 2. The van der Waals surface area contributed by atoms with Crippen LogP contribution < -0.4 is 0 Å². The number of ether oxygens (including phenoxy) is 1. The second-order valence-corrected chi connectivity index (χ2v) is 7.15. The van der Waals surface area contributed by atoms with Crippen molar-refractivity contribution in [2.45, 2.75) is 13.0 Å². The molecule has 138 valence electrons. The van der Waals surface area contributed by atoms with Crippen LogP contribution in [0.25, 0.3) is 0 Å². The lowest BCUT2D eigenvalue weighted by atomic mass is 9.85. The van der Waals surface area contributed by atoms with Crippen molar-refractivity contribution in [3.05, 3.63) is 36.3 Å². The number of methoxy groups -OCH3 is 1. The van der Waals surface area contributed by atoms with Gasteiger partial charge in [0.15, 0.2) is 0 Å². The van der Waals surface area contributed by atoms with E-state index in [0.717, 1.165) is 11.3 Å². The molecule has 4 unspecified atom stereocenters. The zero-order chi connectivity index (χ0) is 18.3. The van der Waals surface area contributed by atoms with Crippen molar-refractivity contribution in [1.82, 2.24) is 9.80 Å². The first kappa shape index (κ1) is 17.0. The summed E-state index contributed by atoms with van der Waals surface area (Å²) in [5.41, 5.74) is 0. The van der Waals surface area contributed by atoms with Crippen LogP contribution in [0.1, 0.15) is 12.2 Å². The van der Waals surface area contributed by atoms with Gasteiger partial charge < -0.3 is 14.1 Å². The Balaban J connectivity index is 1.45. The lowest BCUT2D eigenvalue weighted by molar-refractivity contribution is -0.147. The Kier molecular flexibility index (Phi) is 4.40. The van der Waals surface area contributed by atoms with Gasteiger partial charge in [-0.05, 0) is 30.4 Å². The summed E-state index contributed by atoms with van der Waals surface area (Å²) in [5.74, 6) is -0.285. The number of nitrogens with zero attached hydrogens (tertiary/aromatic N) is 2. The third kappa shape index (κ3) is 2.76. The highest BCUT2D eigenvalue weighted by Crippen LogP contribution is 2.52. The van der Waals surface area contributed by atoms with Crippen molar-refractivity contribution >= 4 is 17.7 Å². The number of hydrogen-bond donors (Lipinski definition) is 0. The SMILES string of the molecule is COCCN(Cc1ccco1)C(=O)CN1C(=O)C2C3C=CC(C3)C2C1=O. The molecular weight excluding hydrogens is 336 g/mol. The zero-order valence-corrected chi connectivity index (χ0v) is 14.7. The lowest BCUT2D eigenvalue weighted by Crippen LogP contribution is -2.44. The van der Waals surface area contributed by atoms with Crippen LogP contribution in [0.4, 0.5) is 0 Å². The standard InChI is InChI=1S/C19H22N2O5/c1-25-8-6-20(10-14-3-2-7-26-14)15(22)11-21-18(23)16-12-4-5-13(9-12)17(16)19(21)24/h2-5,7,12-13,16-17H,6,8-11H2,1H3. The minimum absolute atomic E-state index is 0.147. The third-order valence-corrected chi connectivity index (χ3v) is 5.70. The predicted molar refractivity (Wildman–Crippen MR) is 90.4 cm³/mol. The minimum Gasteiger partial charge on any atom is -0.467 e. The highest BCUT2D eigenvalue weighted by Gasteiger charge is 2.59. The van der Waals surface area contributed by atoms with Crippen molar-refractivity contribution < 1.29 is 23.5 Å². The molecule has 1 saturated carbocycles. The van der Waals surface area contributed by atoms with Crippen molar-refractivity contribution in [3.63, 3.8) is 0 Å². The van der Waals surface area contributed by atoms with Gasteiger partial charge in [0.1, 0.15) is 12.3 Å². The molecule has 1 saturated heterocycles. The van der Waals surface area contributed by atoms with Crippen molar-refractivity contribution in [3.8, 4) is 0 Å². The summed E-state index contributed by atoms with van der Waals surface area (Å²) >= 11 is 0. The number of imide groups is 1. The van der Waals surface area contributed by atoms with Gasteiger partial charge in [-0.3, -0.25) is 19.3 Å². The number of carbonyl (C=O) groups is 3. The molecule has 2 aliphatic carbocycles. The molecule has 3 aliphatic rings. The number of furan rings is 1. The van der Waals surface area contributed by atoms with E-state index in [9.17, 15) is 14.4 Å². The third-order valence-electron chi connectivity index (χ3n) is 5.70. The summed E-state index contributed by atoms with van der Waals surface area (Å²) in [6.45, 7) is 0.805. The smallest absolute Gasteiger partial charge is 0.243 e. The van der Waals surface area contributed by atoms with Crippen LogP contribution in [0.5, 0.6) is 0 Å².